The van der Waals surface area contributed by atoms with Gasteiger partial charge >= 0.3 is 5.97 Å². The molecule has 0 spiro atoms. The van der Waals surface area contributed by atoms with Gasteiger partial charge in [0.1, 0.15) is 18.1 Å². The van der Waals surface area contributed by atoms with Crippen LogP contribution in [0.4, 0.5) is 0 Å². The van der Waals surface area contributed by atoms with Crippen LogP contribution in [-0.4, -0.2) is 23.4 Å². The number of halogens is 3. The smallest absolute Gasteiger partial charge is 0.314 e. The molecule has 7 heteroatoms. The summed E-state index contributed by atoms with van der Waals surface area (Å²) in [6.07, 6.45) is 0. The molecule has 0 heterocycles. The molecule has 0 saturated heterocycles. The van der Waals surface area contributed by atoms with Gasteiger partial charge in [0.2, 0.25) is 0 Å². The maximum Gasteiger partial charge on any atom is 0.314 e. The highest BCUT2D eigenvalue weighted by Gasteiger charge is 2.07. The molecule has 1 rings (SSSR count). The summed E-state index contributed by atoms with van der Waals surface area (Å²) in [5.41, 5.74) is 0. The van der Waals surface area contributed by atoms with Gasteiger partial charge < -0.3 is 9.84 Å². The van der Waals surface area contributed by atoms with Gasteiger partial charge in [-0.05, 0) is 91.1 Å². The van der Waals surface area contributed by atoms with E-state index in [9.17, 15) is 4.79 Å². The first-order valence-electron chi connectivity index (χ1n) is 4.59. The van der Waals surface area contributed by atoms with E-state index in [1.165, 1.54) is 0 Å². The second-order valence-electron chi connectivity index (χ2n) is 2.95. The zero-order valence-corrected chi connectivity index (χ0v) is 16.2. The van der Waals surface area contributed by atoms with Crippen molar-refractivity contribution in [2.45, 2.75) is 0 Å². The minimum Gasteiger partial charge on any atom is -0.481 e. The molecule has 0 unspecified atom stereocenters. The van der Waals surface area contributed by atoms with Crippen molar-refractivity contribution < 1.29 is 14.6 Å². The molecule has 0 aliphatic heterocycles. The molecule has 96 valence electrons. The molecule has 18 heavy (non-hydrogen) atoms. The first-order chi connectivity index (χ1) is 8.50. The van der Waals surface area contributed by atoms with E-state index in [1.54, 1.807) is 0 Å². The van der Waals surface area contributed by atoms with Crippen LogP contribution in [0.15, 0.2) is 12.1 Å². The molecule has 0 radical (unpaired) electrons. The molecule has 1 aromatic rings. The predicted molar refractivity (Wildman–Crippen MR) is 98.0 cm³/mol. The van der Waals surface area contributed by atoms with Gasteiger partial charge in [0.15, 0.2) is 0 Å². The normalized spacial score (nSPS) is 9.50. The number of thioether (sulfide) groups is 1. The number of carboxylic acids is 1. The van der Waals surface area contributed by atoms with Gasteiger partial charge in [-0.15, -0.1) is 0 Å². The molecule has 0 fully saturated rings. The van der Waals surface area contributed by atoms with E-state index in [1.807, 2.05) is 12.1 Å². The van der Waals surface area contributed by atoms with Crippen molar-refractivity contribution in [2.24, 2.45) is 0 Å². The number of carbonyl (C=O) groups is 1. The van der Waals surface area contributed by atoms with Crippen LogP contribution < -0.4 is 4.74 Å². The Bertz CT molecular complexity index is 485. The van der Waals surface area contributed by atoms with E-state index < -0.39 is 5.97 Å². The fraction of sp³-hybridized carbons (Fsp3) is 0.182. The number of carboxylic acid groups (broad SMARTS) is 1. The summed E-state index contributed by atoms with van der Waals surface area (Å²) in [5.74, 6) is 2.73. The average Bonchev–Trinajstić information content (AvgIpc) is 2.25. The van der Waals surface area contributed by atoms with Gasteiger partial charge in [0.25, 0.3) is 0 Å². The van der Waals surface area contributed by atoms with Crippen LogP contribution in [0.3, 0.4) is 0 Å². The van der Waals surface area contributed by atoms with E-state index in [2.05, 4.69) is 78.9 Å². The second kappa shape index (κ2) is 8.70. The topological polar surface area (TPSA) is 46.5 Å². The zero-order chi connectivity index (χ0) is 13.5. The molecular weight excluding hydrogens is 593 g/mol. The monoisotopic (exact) mass is 600 g/mol. The Labute approximate surface area is 150 Å². The summed E-state index contributed by atoms with van der Waals surface area (Å²) in [6, 6.07) is 4.07. The van der Waals surface area contributed by atoms with E-state index in [0.29, 0.717) is 0 Å². The maximum atomic E-state index is 10.3. The van der Waals surface area contributed by atoms with Crippen LogP contribution in [0.25, 0.3) is 0 Å². The van der Waals surface area contributed by atoms with Crippen molar-refractivity contribution in [2.75, 3.05) is 12.4 Å². The molecule has 1 N–H and O–H groups in total. The van der Waals surface area contributed by atoms with Crippen molar-refractivity contribution in [3.8, 4) is 16.9 Å². The first-order valence-corrected chi connectivity index (χ1v) is 8.81. The Morgan fingerprint density at radius 2 is 1.94 bits per heavy atom. The Balaban J connectivity index is 2.51. The van der Waals surface area contributed by atoms with Gasteiger partial charge in [0, 0.05) is 3.57 Å². The number of benzene rings is 1. The van der Waals surface area contributed by atoms with E-state index in [-0.39, 0.29) is 12.4 Å². The minimum atomic E-state index is -0.864. The highest BCUT2D eigenvalue weighted by Crippen LogP contribution is 2.29. The third-order valence-electron chi connectivity index (χ3n) is 1.59. The van der Waals surface area contributed by atoms with Crippen molar-refractivity contribution in [1.82, 2.24) is 0 Å². The number of hydrogen-bond donors (Lipinski definition) is 1. The molecule has 0 saturated carbocycles. The number of rotatable bonds is 4. The lowest BCUT2D eigenvalue weighted by atomic mass is 10.3. The van der Waals surface area contributed by atoms with Crippen LogP contribution in [-0.2, 0) is 4.79 Å². The molecule has 0 bridgehead atoms. The average molecular weight is 600 g/mol. The highest BCUT2D eigenvalue weighted by molar-refractivity contribution is 14.1. The van der Waals surface area contributed by atoms with Gasteiger partial charge in [-0.1, -0.05) is 11.8 Å². The van der Waals surface area contributed by atoms with Gasteiger partial charge in [-0.2, -0.15) is 0 Å². The summed E-state index contributed by atoms with van der Waals surface area (Å²) >= 11 is 7.77. The molecular formula is C11H7I3O3S. The van der Waals surface area contributed by atoms with Crippen molar-refractivity contribution in [3.63, 3.8) is 0 Å². The third kappa shape index (κ3) is 6.16. The van der Waals surface area contributed by atoms with Crippen LogP contribution in [0, 0.1) is 21.9 Å². The van der Waals surface area contributed by atoms with E-state index in [4.69, 9.17) is 9.84 Å². The Morgan fingerprint density at radius 3 is 2.50 bits per heavy atom. The van der Waals surface area contributed by atoms with Crippen molar-refractivity contribution >= 4 is 85.5 Å². The molecule has 3 nitrogen and oxygen atoms in total. The molecule has 0 amide bonds. The fourth-order valence-electron chi connectivity index (χ4n) is 0.953. The van der Waals surface area contributed by atoms with Gasteiger partial charge in [-0.3, -0.25) is 4.79 Å². The quantitative estimate of drug-likeness (QED) is 0.424. The van der Waals surface area contributed by atoms with E-state index >= 15 is 0 Å². The minimum absolute atomic E-state index is 0.00833. The van der Waals surface area contributed by atoms with Crippen LogP contribution in [0.5, 0.6) is 5.75 Å². The zero-order valence-electron chi connectivity index (χ0n) is 8.87. The van der Waals surface area contributed by atoms with Crippen LogP contribution in [0.2, 0.25) is 0 Å². The summed E-state index contributed by atoms with van der Waals surface area (Å²) in [5, 5.41) is 11.1. The van der Waals surface area contributed by atoms with Crippen molar-refractivity contribution in [3.05, 3.63) is 22.8 Å². The lowest BCUT2D eigenvalue weighted by molar-refractivity contribution is -0.133. The molecule has 0 atom stereocenters. The number of aliphatic carboxylic acids is 1. The van der Waals surface area contributed by atoms with Gasteiger partial charge in [-0.25, -0.2) is 0 Å². The standard InChI is InChI=1S/C11H7I3O3S/c12-7-4-8(13)11(9(14)5-7)17-2-1-3-18-6-10(15)16/h4-5H,2,6H2,(H,15,16). The Hall–Kier alpha value is 0.590. The lowest BCUT2D eigenvalue weighted by Crippen LogP contribution is -1.99. The molecule has 0 aromatic heterocycles. The SMILES string of the molecule is O=C(O)CSC#CCOc1c(I)cc(I)cc1I. The Kier molecular flexibility index (Phi) is 8.04. The van der Waals surface area contributed by atoms with E-state index in [0.717, 1.165) is 28.2 Å². The van der Waals surface area contributed by atoms with Gasteiger partial charge in [0.05, 0.1) is 7.14 Å². The van der Waals surface area contributed by atoms with Crippen LogP contribution in [0.1, 0.15) is 0 Å². The lowest BCUT2D eigenvalue weighted by Gasteiger charge is -2.08. The summed E-state index contributed by atoms with van der Waals surface area (Å²) in [4.78, 5) is 10.3. The summed E-state index contributed by atoms with van der Waals surface area (Å²) in [6.45, 7) is 0.263. The second-order valence-corrected chi connectivity index (χ2v) is 7.30. The molecule has 0 aliphatic carbocycles. The predicted octanol–water partition coefficient (Wildman–Crippen LogP) is 3.66. The summed E-state index contributed by atoms with van der Waals surface area (Å²) < 4.78 is 8.83. The summed E-state index contributed by atoms with van der Waals surface area (Å²) in [7, 11) is 0. The number of hydrogen-bond acceptors (Lipinski definition) is 3. The first kappa shape index (κ1) is 16.6. The third-order valence-corrected chi connectivity index (χ3v) is 4.50. The molecule has 1 aromatic carbocycles. The largest absolute Gasteiger partial charge is 0.481 e. The molecule has 0 aliphatic rings. The number of ether oxygens (including phenoxy) is 1. The highest BCUT2D eigenvalue weighted by atomic mass is 127. The fourth-order valence-corrected chi connectivity index (χ4v) is 5.20. The van der Waals surface area contributed by atoms with Crippen LogP contribution >= 0.6 is 79.5 Å². The van der Waals surface area contributed by atoms with Crippen molar-refractivity contribution in [1.29, 1.82) is 0 Å². The maximum absolute atomic E-state index is 10.3. The Morgan fingerprint density at radius 1 is 1.33 bits per heavy atom.